The molecule has 2 aromatic carbocycles. The SMILES string of the molecule is COc1ccc(COC(=O)n2c(C)nc3cc(C)c(C)cc32)cc1. The molecule has 3 rings (SSSR count). The predicted octanol–water partition coefficient (Wildman–Crippen LogP) is 4.16. The highest BCUT2D eigenvalue weighted by Gasteiger charge is 2.16. The van der Waals surface area contributed by atoms with Gasteiger partial charge in [0.05, 0.1) is 18.1 Å². The number of benzene rings is 2. The fourth-order valence-corrected chi connectivity index (χ4v) is 2.61. The van der Waals surface area contributed by atoms with Gasteiger partial charge < -0.3 is 9.47 Å². The lowest BCUT2D eigenvalue weighted by Gasteiger charge is -2.09. The second kappa shape index (κ2) is 6.35. The number of rotatable bonds is 3. The van der Waals surface area contributed by atoms with Crippen molar-refractivity contribution >= 4 is 17.1 Å². The smallest absolute Gasteiger partial charge is 0.420 e. The molecule has 0 bridgehead atoms. The molecular weight excluding hydrogens is 304 g/mol. The minimum atomic E-state index is -0.422. The average Bonchev–Trinajstić information content (AvgIpc) is 2.88. The summed E-state index contributed by atoms with van der Waals surface area (Å²) in [5.41, 5.74) is 4.75. The summed E-state index contributed by atoms with van der Waals surface area (Å²) in [7, 11) is 1.62. The van der Waals surface area contributed by atoms with Gasteiger partial charge in [0, 0.05) is 0 Å². The van der Waals surface area contributed by atoms with Gasteiger partial charge in [0.2, 0.25) is 0 Å². The molecule has 0 spiro atoms. The summed E-state index contributed by atoms with van der Waals surface area (Å²) in [5.74, 6) is 1.39. The predicted molar refractivity (Wildman–Crippen MR) is 92.5 cm³/mol. The number of hydrogen-bond acceptors (Lipinski definition) is 4. The Morgan fingerprint density at radius 1 is 1.08 bits per heavy atom. The average molecular weight is 324 g/mol. The van der Waals surface area contributed by atoms with Crippen LogP contribution in [0.25, 0.3) is 11.0 Å². The molecule has 0 aliphatic rings. The first kappa shape index (κ1) is 16.1. The normalized spacial score (nSPS) is 10.8. The van der Waals surface area contributed by atoms with Crippen LogP contribution >= 0.6 is 0 Å². The van der Waals surface area contributed by atoms with Gasteiger partial charge in [0.15, 0.2) is 0 Å². The van der Waals surface area contributed by atoms with Gasteiger partial charge in [-0.2, -0.15) is 0 Å². The van der Waals surface area contributed by atoms with Crippen molar-refractivity contribution in [2.75, 3.05) is 7.11 Å². The standard InChI is InChI=1S/C19H20N2O3/c1-12-9-17-18(10-13(12)2)21(14(3)20-17)19(22)24-11-15-5-7-16(23-4)8-6-15/h5-10H,11H2,1-4H3. The quantitative estimate of drug-likeness (QED) is 0.726. The van der Waals surface area contributed by atoms with E-state index in [2.05, 4.69) is 4.98 Å². The summed E-state index contributed by atoms with van der Waals surface area (Å²) < 4.78 is 12.1. The van der Waals surface area contributed by atoms with Crippen LogP contribution in [0, 0.1) is 20.8 Å². The monoisotopic (exact) mass is 324 g/mol. The van der Waals surface area contributed by atoms with E-state index in [0.717, 1.165) is 33.5 Å². The van der Waals surface area contributed by atoms with Crippen LogP contribution in [-0.4, -0.2) is 22.8 Å². The number of imidazole rings is 1. The topological polar surface area (TPSA) is 53.4 Å². The minimum Gasteiger partial charge on any atom is -0.497 e. The Kier molecular flexibility index (Phi) is 4.25. The summed E-state index contributed by atoms with van der Waals surface area (Å²) in [6.07, 6.45) is -0.422. The van der Waals surface area contributed by atoms with E-state index < -0.39 is 6.09 Å². The number of carbonyl (C=O) groups excluding carboxylic acids is 1. The molecule has 0 amide bonds. The van der Waals surface area contributed by atoms with E-state index >= 15 is 0 Å². The lowest BCUT2D eigenvalue weighted by molar-refractivity contribution is 0.141. The molecule has 0 unspecified atom stereocenters. The highest BCUT2D eigenvalue weighted by Crippen LogP contribution is 2.21. The van der Waals surface area contributed by atoms with Crippen LogP contribution in [-0.2, 0) is 11.3 Å². The Bertz CT molecular complexity index is 895. The zero-order valence-electron chi connectivity index (χ0n) is 14.3. The molecule has 0 atom stereocenters. The molecule has 24 heavy (non-hydrogen) atoms. The molecule has 1 heterocycles. The zero-order chi connectivity index (χ0) is 17.3. The molecule has 0 fully saturated rings. The van der Waals surface area contributed by atoms with Crippen LogP contribution in [0.4, 0.5) is 4.79 Å². The molecule has 1 aromatic heterocycles. The molecule has 124 valence electrons. The second-order valence-electron chi connectivity index (χ2n) is 5.82. The van der Waals surface area contributed by atoms with Crippen LogP contribution in [0.2, 0.25) is 0 Å². The summed E-state index contributed by atoms with van der Waals surface area (Å²) >= 11 is 0. The van der Waals surface area contributed by atoms with Crippen molar-refractivity contribution in [2.24, 2.45) is 0 Å². The molecule has 5 nitrogen and oxygen atoms in total. The molecule has 0 saturated heterocycles. The summed E-state index contributed by atoms with van der Waals surface area (Å²) in [6, 6.07) is 11.4. The summed E-state index contributed by atoms with van der Waals surface area (Å²) in [5, 5.41) is 0. The van der Waals surface area contributed by atoms with E-state index in [4.69, 9.17) is 9.47 Å². The molecule has 0 radical (unpaired) electrons. The zero-order valence-corrected chi connectivity index (χ0v) is 14.3. The van der Waals surface area contributed by atoms with Crippen LogP contribution in [0.1, 0.15) is 22.5 Å². The molecule has 0 saturated carbocycles. The third-order valence-electron chi connectivity index (χ3n) is 4.14. The molecule has 3 aromatic rings. The maximum atomic E-state index is 12.5. The number of hydrogen-bond donors (Lipinski definition) is 0. The lowest BCUT2D eigenvalue weighted by Crippen LogP contribution is -2.15. The summed E-state index contributed by atoms with van der Waals surface area (Å²) in [4.78, 5) is 17.0. The molecule has 0 aliphatic heterocycles. The van der Waals surface area contributed by atoms with Gasteiger partial charge in [-0.15, -0.1) is 0 Å². The van der Waals surface area contributed by atoms with Crippen molar-refractivity contribution in [3.63, 3.8) is 0 Å². The number of nitrogens with zero attached hydrogens (tertiary/aromatic N) is 2. The first-order valence-electron chi connectivity index (χ1n) is 7.76. The van der Waals surface area contributed by atoms with Crippen molar-refractivity contribution in [3.05, 3.63) is 58.9 Å². The Morgan fingerprint density at radius 3 is 2.42 bits per heavy atom. The molecule has 0 aliphatic carbocycles. The van der Waals surface area contributed by atoms with Crippen molar-refractivity contribution in [1.29, 1.82) is 0 Å². The number of ether oxygens (including phenoxy) is 2. The first-order chi connectivity index (χ1) is 11.5. The van der Waals surface area contributed by atoms with Gasteiger partial charge in [-0.3, -0.25) is 0 Å². The van der Waals surface area contributed by atoms with Gasteiger partial charge in [-0.1, -0.05) is 12.1 Å². The Labute approximate surface area is 140 Å². The second-order valence-corrected chi connectivity index (χ2v) is 5.82. The maximum Gasteiger partial charge on any atom is 0.420 e. The van der Waals surface area contributed by atoms with Gasteiger partial charge in [-0.25, -0.2) is 14.3 Å². The Morgan fingerprint density at radius 2 is 1.75 bits per heavy atom. The minimum absolute atomic E-state index is 0.201. The third kappa shape index (κ3) is 2.97. The fourth-order valence-electron chi connectivity index (χ4n) is 2.61. The number of methoxy groups -OCH3 is 1. The van der Waals surface area contributed by atoms with Crippen LogP contribution in [0.15, 0.2) is 36.4 Å². The lowest BCUT2D eigenvalue weighted by atomic mass is 10.1. The molecular formula is C19H20N2O3. The molecule has 5 heteroatoms. The fraction of sp³-hybridized carbons (Fsp3) is 0.263. The van der Waals surface area contributed by atoms with Crippen molar-refractivity contribution in [3.8, 4) is 5.75 Å². The highest BCUT2D eigenvalue weighted by atomic mass is 16.5. The Hall–Kier alpha value is -2.82. The van der Waals surface area contributed by atoms with Crippen LogP contribution in [0.3, 0.4) is 0 Å². The van der Waals surface area contributed by atoms with E-state index in [1.165, 1.54) is 4.57 Å². The number of aromatic nitrogens is 2. The third-order valence-corrected chi connectivity index (χ3v) is 4.14. The van der Waals surface area contributed by atoms with Crippen LogP contribution < -0.4 is 4.74 Å². The van der Waals surface area contributed by atoms with E-state index in [1.807, 2.05) is 50.2 Å². The highest BCUT2D eigenvalue weighted by molar-refractivity contribution is 5.88. The number of fused-ring (bicyclic) bond motifs is 1. The van der Waals surface area contributed by atoms with Gasteiger partial charge in [-0.05, 0) is 61.7 Å². The van der Waals surface area contributed by atoms with E-state index in [0.29, 0.717) is 5.82 Å². The van der Waals surface area contributed by atoms with Gasteiger partial charge >= 0.3 is 6.09 Å². The first-order valence-corrected chi connectivity index (χ1v) is 7.76. The van der Waals surface area contributed by atoms with Crippen molar-refractivity contribution in [2.45, 2.75) is 27.4 Å². The van der Waals surface area contributed by atoms with Gasteiger partial charge in [0.25, 0.3) is 0 Å². The van der Waals surface area contributed by atoms with E-state index in [9.17, 15) is 4.79 Å². The van der Waals surface area contributed by atoms with Crippen molar-refractivity contribution < 1.29 is 14.3 Å². The van der Waals surface area contributed by atoms with E-state index in [1.54, 1.807) is 14.0 Å². The van der Waals surface area contributed by atoms with Gasteiger partial charge in [0.1, 0.15) is 18.2 Å². The van der Waals surface area contributed by atoms with Crippen LogP contribution in [0.5, 0.6) is 5.75 Å². The number of aryl methyl sites for hydroxylation is 3. The summed E-state index contributed by atoms with van der Waals surface area (Å²) in [6.45, 7) is 6.06. The van der Waals surface area contributed by atoms with Crippen molar-refractivity contribution in [1.82, 2.24) is 9.55 Å². The largest absolute Gasteiger partial charge is 0.497 e. The van der Waals surface area contributed by atoms with E-state index in [-0.39, 0.29) is 6.61 Å². The molecule has 0 N–H and O–H groups in total. The number of carbonyl (C=O) groups is 1. The maximum absolute atomic E-state index is 12.5. The Balaban J connectivity index is 1.83.